The number of aliphatic carboxylic acids is 1. The number of amides is 1. The maximum Gasteiger partial charge on any atom is 0.312 e. The first-order valence-corrected chi connectivity index (χ1v) is 10.2. The minimum absolute atomic E-state index is 0.152. The maximum absolute atomic E-state index is 12.9. The molecule has 2 aliphatic heterocycles. The Bertz CT molecular complexity index is 955. The summed E-state index contributed by atoms with van der Waals surface area (Å²) in [5.41, 5.74) is -0.463. The average Bonchev–Trinajstić information content (AvgIpc) is 3.43. The number of carbonyl (C=O) groups is 2. The molecule has 10 nitrogen and oxygen atoms in total. The van der Waals surface area contributed by atoms with E-state index in [1.807, 2.05) is 24.3 Å². The summed E-state index contributed by atoms with van der Waals surface area (Å²) in [5.74, 6) is 0.301. The van der Waals surface area contributed by atoms with Gasteiger partial charge in [-0.1, -0.05) is 17.3 Å². The Balaban J connectivity index is 1.36. The zero-order valence-electron chi connectivity index (χ0n) is 17.6. The van der Waals surface area contributed by atoms with E-state index >= 15 is 0 Å². The standard InChI is InChI=1S/C21H26N4O6/c1-14(25-10-15(22-23-25)9-21(20(27)28)7-8-29-13-21)19(26)24(2)11-16-12-30-17-5-3-4-6-18(17)31-16/h3-6,10,14,16H,7-9,11-13H2,1-2H3,(H,27,28). The summed E-state index contributed by atoms with van der Waals surface area (Å²) in [5, 5.41) is 17.7. The summed E-state index contributed by atoms with van der Waals surface area (Å²) in [7, 11) is 1.70. The first-order chi connectivity index (χ1) is 14.9. The molecule has 0 spiro atoms. The summed E-state index contributed by atoms with van der Waals surface area (Å²) in [6.45, 7) is 3.02. The van der Waals surface area contributed by atoms with Gasteiger partial charge in [0.15, 0.2) is 17.6 Å². The van der Waals surface area contributed by atoms with Gasteiger partial charge in [-0.3, -0.25) is 9.59 Å². The zero-order chi connectivity index (χ0) is 22.0. The lowest BCUT2D eigenvalue weighted by atomic mass is 9.83. The number of carboxylic acid groups (broad SMARTS) is 1. The van der Waals surface area contributed by atoms with Crippen LogP contribution < -0.4 is 9.47 Å². The molecule has 31 heavy (non-hydrogen) atoms. The molecule has 1 amide bonds. The van der Waals surface area contributed by atoms with Crippen LogP contribution in [0.15, 0.2) is 30.5 Å². The molecule has 3 atom stereocenters. The Kier molecular flexibility index (Phi) is 5.81. The third-order valence-electron chi connectivity index (χ3n) is 5.81. The fourth-order valence-corrected chi connectivity index (χ4v) is 3.90. The van der Waals surface area contributed by atoms with E-state index < -0.39 is 17.4 Å². The molecule has 2 aromatic rings. The number of fused-ring (bicyclic) bond motifs is 1. The Morgan fingerprint density at radius 3 is 2.84 bits per heavy atom. The number of hydrogen-bond donors (Lipinski definition) is 1. The molecule has 3 unspecified atom stereocenters. The van der Waals surface area contributed by atoms with Gasteiger partial charge in [-0.05, 0) is 25.5 Å². The van der Waals surface area contributed by atoms with Crippen LogP contribution in [0.5, 0.6) is 11.5 Å². The largest absolute Gasteiger partial charge is 0.486 e. The summed E-state index contributed by atoms with van der Waals surface area (Å²) < 4.78 is 18.4. The zero-order valence-corrected chi connectivity index (χ0v) is 17.6. The van der Waals surface area contributed by atoms with E-state index in [9.17, 15) is 14.7 Å². The molecule has 1 N–H and O–H groups in total. The van der Waals surface area contributed by atoms with Gasteiger partial charge in [0, 0.05) is 26.3 Å². The molecule has 0 aliphatic carbocycles. The number of benzene rings is 1. The third-order valence-corrected chi connectivity index (χ3v) is 5.81. The SMILES string of the molecule is CC(C(=O)N(C)CC1COc2ccccc2O1)n1cc(CC2(C(=O)O)CCOC2)nn1. The average molecular weight is 430 g/mol. The van der Waals surface area contributed by atoms with Gasteiger partial charge in [0.25, 0.3) is 0 Å². The van der Waals surface area contributed by atoms with Crippen LogP contribution in [0.4, 0.5) is 0 Å². The molecule has 0 saturated carbocycles. The van der Waals surface area contributed by atoms with Crippen molar-refractivity contribution < 1.29 is 28.9 Å². The van der Waals surface area contributed by atoms with Crippen molar-refractivity contribution in [1.82, 2.24) is 19.9 Å². The minimum atomic E-state index is -0.987. The van der Waals surface area contributed by atoms with Crippen molar-refractivity contribution in [3.05, 3.63) is 36.2 Å². The van der Waals surface area contributed by atoms with Gasteiger partial charge < -0.3 is 24.2 Å². The molecule has 3 heterocycles. The molecule has 1 aromatic heterocycles. The van der Waals surface area contributed by atoms with Crippen LogP contribution in [0.25, 0.3) is 0 Å². The van der Waals surface area contributed by atoms with Gasteiger partial charge in [0.05, 0.1) is 24.3 Å². The fourth-order valence-electron chi connectivity index (χ4n) is 3.90. The lowest BCUT2D eigenvalue weighted by Crippen LogP contribution is -2.43. The van der Waals surface area contributed by atoms with Crippen LogP contribution in [0.1, 0.15) is 25.1 Å². The number of ether oxygens (including phenoxy) is 3. The number of likely N-dealkylation sites (N-methyl/N-ethyl adjacent to an activating group) is 1. The van der Waals surface area contributed by atoms with Crippen LogP contribution in [-0.4, -0.2) is 76.4 Å². The number of para-hydroxylation sites is 2. The quantitative estimate of drug-likeness (QED) is 0.696. The normalized spacial score (nSPS) is 23.4. The Morgan fingerprint density at radius 1 is 1.35 bits per heavy atom. The first kappa shape index (κ1) is 21.1. The van der Waals surface area contributed by atoms with Crippen LogP contribution in [0.3, 0.4) is 0 Å². The number of carbonyl (C=O) groups excluding carboxylic acids is 1. The Morgan fingerprint density at radius 2 is 2.13 bits per heavy atom. The fraction of sp³-hybridized carbons (Fsp3) is 0.524. The number of nitrogens with zero attached hydrogens (tertiary/aromatic N) is 4. The predicted molar refractivity (Wildman–Crippen MR) is 108 cm³/mol. The monoisotopic (exact) mass is 430 g/mol. The third kappa shape index (κ3) is 4.34. The predicted octanol–water partition coefficient (Wildman–Crippen LogP) is 1.17. The van der Waals surface area contributed by atoms with Crippen LogP contribution in [-0.2, 0) is 20.7 Å². The Hall–Kier alpha value is -3.14. The van der Waals surface area contributed by atoms with E-state index in [0.717, 1.165) is 0 Å². The number of rotatable bonds is 7. The highest BCUT2D eigenvalue weighted by Gasteiger charge is 2.43. The van der Waals surface area contributed by atoms with Crippen LogP contribution >= 0.6 is 0 Å². The van der Waals surface area contributed by atoms with Gasteiger partial charge in [-0.25, -0.2) is 4.68 Å². The van der Waals surface area contributed by atoms with E-state index in [1.54, 1.807) is 25.1 Å². The van der Waals surface area contributed by atoms with Gasteiger partial charge >= 0.3 is 5.97 Å². The van der Waals surface area contributed by atoms with Gasteiger partial charge in [-0.15, -0.1) is 5.10 Å². The lowest BCUT2D eigenvalue weighted by molar-refractivity contribution is -0.149. The molecule has 10 heteroatoms. The molecule has 1 saturated heterocycles. The van der Waals surface area contributed by atoms with Crippen molar-refractivity contribution in [3.8, 4) is 11.5 Å². The number of carboxylic acids is 1. The van der Waals surface area contributed by atoms with Crippen molar-refractivity contribution in [2.75, 3.05) is 33.4 Å². The van der Waals surface area contributed by atoms with Crippen molar-refractivity contribution in [3.63, 3.8) is 0 Å². The van der Waals surface area contributed by atoms with Crippen molar-refractivity contribution in [2.45, 2.75) is 31.9 Å². The summed E-state index contributed by atoms with van der Waals surface area (Å²) in [6, 6.07) is 6.84. The van der Waals surface area contributed by atoms with Crippen molar-refractivity contribution in [1.29, 1.82) is 0 Å². The first-order valence-electron chi connectivity index (χ1n) is 10.2. The van der Waals surface area contributed by atoms with Crippen molar-refractivity contribution >= 4 is 11.9 Å². The molecule has 4 rings (SSSR count). The van der Waals surface area contributed by atoms with Crippen LogP contribution in [0.2, 0.25) is 0 Å². The molecule has 166 valence electrons. The van der Waals surface area contributed by atoms with Gasteiger partial charge in [-0.2, -0.15) is 0 Å². The molecular weight excluding hydrogens is 404 g/mol. The lowest BCUT2D eigenvalue weighted by Gasteiger charge is -2.30. The molecule has 1 fully saturated rings. The van der Waals surface area contributed by atoms with Crippen molar-refractivity contribution in [2.24, 2.45) is 5.41 Å². The van der Waals surface area contributed by atoms with Crippen LogP contribution in [0, 0.1) is 5.41 Å². The van der Waals surface area contributed by atoms with E-state index in [2.05, 4.69) is 10.3 Å². The highest BCUT2D eigenvalue weighted by Crippen LogP contribution is 2.33. The van der Waals surface area contributed by atoms with E-state index in [1.165, 1.54) is 4.68 Å². The highest BCUT2D eigenvalue weighted by atomic mass is 16.6. The van der Waals surface area contributed by atoms with E-state index in [0.29, 0.717) is 43.4 Å². The van der Waals surface area contributed by atoms with E-state index in [4.69, 9.17) is 14.2 Å². The number of hydrogen-bond acceptors (Lipinski definition) is 7. The topological polar surface area (TPSA) is 116 Å². The molecule has 1 aromatic carbocycles. The smallest absolute Gasteiger partial charge is 0.312 e. The molecule has 0 bridgehead atoms. The second-order valence-electron chi connectivity index (χ2n) is 8.15. The van der Waals surface area contributed by atoms with Gasteiger partial charge in [0.2, 0.25) is 5.91 Å². The number of aromatic nitrogens is 3. The highest BCUT2D eigenvalue weighted by molar-refractivity contribution is 5.79. The molecule has 2 aliphatic rings. The second kappa shape index (κ2) is 8.54. The molecular formula is C21H26N4O6. The maximum atomic E-state index is 12.9. The molecule has 0 radical (unpaired) electrons. The minimum Gasteiger partial charge on any atom is -0.486 e. The van der Waals surface area contributed by atoms with E-state index in [-0.39, 0.29) is 25.0 Å². The summed E-state index contributed by atoms with van der Waals surface area (Å²) >= 11 is 0. The summed E-state index contributed by atoms with van der Waals surface area (Å²) in [4.78, 5) is 26.2. The summed E-state index contributed by atoms with van der Waals surface area (Å²) in [6.07, 6.45) is 2.00. The Labute approximate surface area is 179 Å². The second-order valence-corrected chi connectivity index (χ2v) is 8.15. The van der Waals surface area contributed by atoms with Gasteiger partial charge in [0.1, 0.15) is 12.6 Å².